The van der Waals surface area contributed by atoms with E-state index >= 15 is 0 Å². The van der Waals surface area contributed by atoms with Gasteiger partial charge in [-0.1, -0.05) is 26.7 Å². The number of nitrogens with two attached hydrogens (primary N) is 1. The molecular formula is C11H24N2O2. The fourth-order valence-corrected chi connectivity index (χ4v) is 1.25. The Morgan fingerprint density at radius 2 is 2.07 bits per heavy atom. The number of hydrogen-bond acceptors (Lipinski definition) is 3. The highest BCUT2D eigenvalue weighted by molar-refractivity contribution is 5.81. The maximum atomic E-state index is 11.4. The van der Waals surface area contributed by atoms with Gasteiger partial charge in [-0.05, 0) is 19.3 Å². The third kappa shape index (κ3) is 7.33. The number of aliphatic hydroxyl groups excluding tert-OH is 1. The number of amides is 1. The van der Waals surface area contributed by atoms with Crippen molar-refractivity contribution in [3.8, 4) is 0 Å². The van der Waals surface area contributed by atoms with E-state index in [0.717, 1.165) is 25.7 Å². The largest absolute Gasteiger partial charge is 0.393 e. The Morgan fingerprint density at radius 3 is 2.60 bits per heavy atom. The van der Waals surface area contributed by atoms with E-state index in [1.54, 1.807) is 0 Å². The normalized spacial score (nSPS) is 14.7. The minimum absolute atomic E-state index is 0.105. The van der Waals surface area contributed by atoms with Crippen molar-refractivity contribution < 1.29 is 9.90 Å². The van der Waals surface area contributed by atoms with Gasteiger partial charge in [0.25, 0.3) is 0 Å². The lowest BCUT2D eigenvalue weighted by molar-refractivity contribution is -0.122. The van der Waals surface area contributed by atoms with Crippen LogP contribution in [0.3, 0.4) is 0 Å². The van der Waals surface area contributed by atoms with E-state index in [0.29, 0.717) is 13.0 Å². The minimum atomic E-state index is -0.399. The molecule has 0 bridgehead atoms. The first-order valence-corrected chi connectivity index (χ1v) is 5.83. The number of hydrogen-bond donors (Lipinski definition) is 3. The molecule has 0 aliphatic rings. The molecule has 15 heavy (non-hydrogen) atoms. The molecule has 90 valence electrons. The third-order valence-corrected chi connectivity index (χ3v) is 2.45. The molecule has 0 rings (SSSR count). The van der Waals surface area contributed by atoms with Gasteiger partial charge < -0.3 is 16.2 Å². The second-order valence-electron chi connectivity index (χ2n) is 3.89. The highest BCUT2D eigenvalue weighted by Gasteiger charge is 2.12. The van der Waals surface area contributed by atoms with Crippen LogP contribution in [-0.4, -0.2) is 29.7 Å². The fourth-order valence-electron chi connectivity index (χ4n) is 1.25. The summed E-state index contributed by atoms with van der Waals surface area (Å²) in [5.41, 5.74) is 5.68. The standard InChI is InChI=1S/C11H24N2O2/c1-3-5-6-10(12)11(15)13-8-7-9(14)4-2/h9-10,14H,3-8,12H2,1-2H3,(H,13,15)/t9?,10-/m0/s1. The summed E-state index contributed by atoms with van der Waals surface area (Å²) in [5, 5.41) is 12.0. The van der Waals surface area contributed by atoms with Crippen molar-refractivity contribution in [2.75, 3.05) is 6.54 Å². The van der Waals surface area contributed by atoms with E-state index in [1.807, 2.05) is 6.92 Å². The van der Waals surface area contributed by atoms with Crippen molar-refractivity contribution in [3.05, 3.63) is 0 Å². The number of carbonyl (C=O) groups is 1. The Hall–Kier alpha value is -0.610. The van der Waals surface area contributed by atoms with Crippen LogP contribution in [0.1, 0.15) is 46.0 Å². The zero-order valence-corrected chi connectivity index (χ0v) is 9.83. The molecule has 4 heteroatoms. The predicted molar refractivity (Wildman–Crippen MR) is 61.4 cm³/mol. The summed E-state index contributed by atoms with van der Waals surface area (Å²) in [6.45, 7) is 4.50. The first kappa shape index (κ1) is 14.4. The first-order chi connectivity index (χ1) is 7.11. The number of unbranched alkanes of at least 4 members (excludes halogenated alkanes) is 1. The van der Waals surface area contributed by atoms with E-state index in [2.05, 4.69) is 12.2 Å². The van der Waals surface area contributed by atoms with E-state index in [-0.39, 0.29) is 12.0 Å². The second kappa shape index (κ2) is 8.68. The summed E-state index contributed by atoms with van der Waals surface area (Å²) in [4.78, 5) is 11.4. The monoisotopic (exact) mass is 216 g/mol. The van der Waals surface area contributed by atoms with Crippen molar-refractivity contribution >= 4 is 5.91 Å². The van der Waals surface area contributed by atoms with Crippen LogP contribution in [0, 0.1) is 0 Å². The zero-order chi connectivity index (χ0) is 11.7. The third-order valence-electron chi connectivity index (χ3n) is 2.45. The number of carbonyl (C=O) groups excluding carboxylic acids is 1. The number of aliphatic hydroxyl groups is 1. The first-order valence-electron chi connectivity index (χ1n) is 5.83. The maximum Gasteiger partial charge on any atom is 0.236 e. The molecule has 0 aliphatic heterocycles. The van der Waals surface area contributed by atoms with Crippen LogP contribution >= 0.6 is 0 Å². The summed E-state index contributed by atoms with van der Waals surface area (Å²) in [6.07, 6.45) is 3.76. The molecule has 0 aromatic carbocycles. The summed E-state index contributed by atoms with van der Waals surface area (Å²) in [5.74, 6) is -0.105. The van der Waals surface area contributed by atoms with Gasteiger partial charge in [0.1, 0.15) is 0 Å². The lowest BCUT2D eigenvalue weighted by Crippen LogP contribution is -2.41. The molecule has 0 aromatic heterocycles. The topological polar surface area (TPSA) is 75.4 Å². The predicted octanol–water partition coefficient (Wildman–Crippen LogP) is 0.781. The molecule has 1 amide bonds. The summed E-state index contributed by atoms with van der Waals surface area (Å²) in [6, 6.07) is -0.399. The van der Waals surface area contributed by atoms with Crippen molar-refractivity contribution in [3.63, 3.8) is 0 Å². The molecule has 0 aliphatic carbocycles. The van der Waals surface area contributed by atoms with Crippen molar-refractivity contribution in [2.45, 2.75) is 58.1 Å². The molecule has 0 spiro atoms. The molecule has 0 radical (unpaired) electrons. The Bertz CT molecular complexity index is 174. The van der Waals surface area contributed by atoms with Gasteiger partial charge in [0.2, 0.25) is 5.91 Å². The van der Waals surface area contributed by atoms with Crippen LogP contribution < -0.4 is 11.1 Å². The SMILES string of the molecule is CCCC[C@H](N)C(=O)NCCC(O)CC. The van der Waals surface area contributed by atoms with E-state index in [9.17, 15) is 9.90 Å². The molecule has 0 aromatic rings. The lowest BCUT2D eigenvalue weighted by atomic mass is 10.1. The Morgan fingerprint density at radius 1 is 1.40 bits per heavy atom. The van der Waals surface area contributed by atoms with Crippen molar-refractivity contribution in [1.82, 2.24) is 5.32 Å². The van der Waals surface area contributed by atoms with E-state index in [1.165, 1.54) is 0 Å². The Balaban J connectivity index is 3.55. The molecule has 4 N–H and O–H groups in total. The lowest BCUT2D eigenvalue weighted by Gasteiger charge is -2.13. The van der Waals surface area contributed by atoms with Crippen LogP contribution in [0.5, 0.6) is 0 Å². The summed E-state index contributed by atoms with van der Waals surface area (Å²) in [7, 11) is 0. The van der Waals surface area contributed by atoms with Crippen molar-refractivity contribution in [2.24, 2.45) is 5.73 Å². The molecule has 0 saturated carbocycles. The fraction of sp³-hybridized carbons (Fsp3) is 0.909. The molecule has 0 heterocycles. The smallest absolute Gasteiger partial charge is 0.236 e. The van der Waals surface area contributed by atoms with E-state index < -0.39 is 6.04 Å². The highest BCUT2D eigenvalue weighted by Crippen LogP contribution is 1.99. The Kier molecular flexibility index (Phi) is 8.33. The second-order valence-corrected chi connectivity index (χ2v) is 3.89. The molecule has 2 atom stereocenters. The van der Waals surface area contributed by atoms with Crippen molar-refractivity contribution in [1.29, 1.82) is 0 Å². The van der Waals surface area contributed by atoms with Gasteiger partial charge in [-0.15, -0.1) is 0 Å². The maximum absolute atomic E-state index is 11.4. The van der Waals surface area contributed by atoms with Gasteiger partial charge >= 0.3 is 0 Å². The van der Waals surface area contributed by atoms with Gasteiger partial charge in [-0.25, -0.2) is 0 Å². The molecule has 1 unspecified atom stereocenters. The molecule has 0 saturated heterocycles. The van der Waals surface area contributed by atoms with Gasteiger partial charge in [0.15, 0.2) is 0 Å². The minimum Gasteiger partial charge on any atom is -0.393 e. The number of rotatable bonds is 8. The average molecular weight is 216 g/mol. The number of nitrogens with one attached hydrogen (secondary N) is 1. The van der Waals surface area contributed by atoms with Gasteiger partial charge in [0, 0.05) is 6.54 Å². The zero-order valence-electron chi connectivity index (χ0n) is 9.83. The van der Waals surface area contributed by atoms with Crippen LogP contribution in [0.4, 0.5) is 0 Å². The van der Waals surface area contributed by atoms with Crippen LogP contribution in [0.15, 0.2) is 0 Å². The average Bonchev–Trinajstić information content (AvgIpc) is 2.25. The van der Waals surface area contributed by atoms with Crippen LogP contribution in [0.25, 0.3) is 0 Å². The Labute approximate surface area is 92.2 Å². The van der Waals surface area contributed by atoms with Crippen LogP contribution in [-0.2, 0) is 4.79 Å². The van der Waals surface area contributed by atoms with Gasteiger partial charge in [-0.3, -0.25) is 4.79 Å². The van der Waals surface area contributed by atoms with Gasteiger partial charge in [0.05, 0.1) is 12.1 Å². The summed E-state index contributed by atoms with van der Waals surface area (Å²) >= 11 is 0. The quantitative estimate of drug-likeness (QED) is 0.561. The van der Waals surface area contributed by atoms with Crippen LogP contribution in [0.2, 0.25) is 0 Å². The van der Waals surface area contributed by atoms with Gasteiger partial charge in [-0.2, -0.15) is 0 Å². The van der Waals surface area contributed by atoms with E-state index in [4.69, 9.17) is 5.73 Å². The summed E-state index contributed by atoms with van der Waals surface area (Å²) < 4.78 is 0. The molecule has 4 nitrogen and oxygen atoms in total. The molecular weight excluding hydrogens is 192 g/mol. The molecule has 0 fully saturated rings. The highest BCUT2D eigenvalue weighted by atomic mass is 16.3.